The normalized spacial score (nSPS) is 21.6. The first-order valence-corrected chi connectivity index (χ1v) is 7.98. The first-order valence-electron chi connectivity index (χ1n) is 7.98. The molecule has 0 spiro atoms. The maximum atomic E-state index is 11.9. The number of hydrogen-bond donors (Lipinski definition) is 3. The molecule has 1 saturated carbocycles. The summed E-state index contributed by atoms with van der Waals surface area (Å²) in [6.45, 7) is 1.45. The van der Waals surface area contributed by atoms with Gasteiger partial charge in [0.1, 0.15) is 0 Å². The van der Waals surface area contributed by atoms with E-state index in [1.165, 1.54) is 5.56 Å². The molecule has 1 aliphatic rings. The Morgan fingerprint density at radius 1 is 1.14 bits per heavy atom. The molecule has 2 amide bonds. The highest BCUT2D eigenvalue weighted by molar-refractivity contribution is 5.74. The SMILES string of the molecule is CN(C)Cc1ccc(CNC(=O)NC2CCC(O)CC2)cc1. The average Bonchev–Trinajstić information content (AvgIpc) is 2.48. The number of rotatable bonds is 5. The van der Waals surface area contributed by atoms with Crippen LogP contribution < -0.4 is 10.6 Å². The second-order valence-electron chi connectivity index (χ2n) is 6.39. The number of amides is 2. The molecule has 0 aromatic heterocycles. The molecule has 0 aliphatic heterocycles. The van der Waals surface area contributed by atoms with E-state index in [0.29, 0.717) is 6.54 Å². The van der Waals surface area contributed by atoms with E-state index in [0.717, 1.165) is 37.8 Å². The number of carbonyl (C=O) groups excluding carboxylic acids is 1. The van der Waals surface area contributed by atoms with Crippen LogP contribution in [0, 0.1) is 0 Å². The molecule has 122 valence electrons. The minimum absolute atomic E-state index is 0.126. The van der Waals surface area contributed by atoms with Gasteiger partial charge < -0.3 is 20.6 Å². The van der Waals surface area contributed by atoms with Crippen LogP contribution in [-0.2, 0) is 13.1 Å². The first kappa shape index (κ1) is 16.8. The van der Waals surface area contributed by atoms with E-state index in [1.807, 2.05) is 14.1 Å². The van der Waals surface area contributed by atoms with Crippen molar-refractivity contribution in [3.05, 3.63) is 35.4 Å². The fraction of sp³-hybridized carbons (Fsp3) is 0.588. The molecule has 5 heteroatoms. The van der Waals surface area contributed by atoms with Crippen LogP contribution in [0.5, 0.6) is 0 Å². The summed E-state index contributed by atoms with van der Waals surface area (Å²) in [5.41, 5.74) is 2.36. The van der Waals surface area contributed by atoms with Crippen molar-refractivity contribution in [1.82, 2.24) is 15.5 Å². The van der Waals surface area contributed by atoms with Gasteiger partial charge in [-0.1, -0.05) is 24.3 Å². The van der Waals surface area contributed by atoms with E-state index in [9.17, 15) is 9.90 Å². The van der Waals surface area contributed by atoms with Crippen LogP contribution >= 0.6 is 0 Å². The van der Waals surface area contributed by atoms with Crippen LogP contribution in [0.15, 0.2) is 24.3 Å². The third-order valence-electron chi connectivity index (χ3n) is 4.01. The molecule has 0 radical (unpaired) electrons. The van der Waals surface area contributed by atoms with Gasteiger partial charge in [0.05, 0.1) is 6.10 Å². The highest BCUT2D eigenvalue weighted by Crippen LogP contribution is 2.18. The van der Waals surface area contributed by atoms with Crippen LogP contribution in [0.25, 0.3) is 0 Å². The van der Waals surface area contributed by atoms with Crippen molar-refractivity contribution in [2.45, 2.75) is 50.9 Å². The quantitative estimate of drug-likeness (QED) is 0.778. The number of hydrogen-bond acceptors (Lipinski definition) is 3. The third-order valence-corrected chi connectivity index (χ3v) is 4.01. The van der Waals surface area contributed by atoms with E-state index < -0.39 is 0 Å². The topological polar surface area (TPSA) is 64.6 Å². The van der Waals surface area contributed by atoms with Crippen molar-refractivity contribution in [2.24, 2.45) is 0 Å². The standard InChI is InChI=1S/C17H27N3O2/c1-20(2)12-14-5-3-13(4-6-14)11-18-17(22)19-15-7-9-16(21)10-8-15/h3-6,15-16,21H,7-12H2,1-2H3,(H2,18,19,22). The van der Waals surface area contributed by atoms with Gasteiger partial charge in [0.25, 0.3) is 0 Å². The second-order valence-corrected chi connectivity index (χ2v) is 6.39. The zero-order valence-corrected chi connectivity index (χ0v) is 13.5. The Morgan fingerprint density at radius 3 is 2.32 bits per heavy atom. The summed E-state index contributed by atoms with van der Waals surface area (Å²) in [5.74, 6) is 0. The fourth-order valence-electron chi connectivity index (χ4n) is 2.77. The van der Waals surface area contributed by atoms with E-state index in [2.05, 4.69) is 39.8 Å². The fourth-order valence-corrected chi connectivity index (χ4v) is 2.77. The molecule has 1 aliphatic carbocycles. The number of nitrogens with zero attached hydrogens (tertiary/aromatic N) is 1. The van der Waals surface area contributed by atoms with Crippen molar-refractivity contribution in [3.8, 4) is 0 Å². The number of nitrogens with one attached hydrogen (secondary N) is 2. The molecule has 3 N–H and O–H groups in total. The zero-order valence-electron chi connectivity index (χ0n) is 13.5. The summed E-state index contributed by atoms with van der Waals surface area (Å²) in [4.78, 5) is 14.0. The minimum atomic E-state index is -0.193. The lowest BCUT2D eigenvalue weighted by molar-refractivity contribution is 0.117. The Hall–Kier alpha value is -1.59. The van der Waals surface area contributed by atoms with Crippen molar-refractivity contribution in [1.29, 1.82) is 0 Å². The van der Waals surface area contributed by atoms with E-state index in [4.69, 9.17) is 0 Å². The Balaban J connectivity index is 1.71. The number of carbonyl (C=O) groups is 1. The number of benzene rings is 1. The molecule has 0 saturated heterocycles. The van der Waals surface area contributed by atoms with Crippen LogP contribution in [0.4, 0.5) is 4.79 Å². The number of aliphatic hydroxyl groups is 1. The predicted molar refractivity (Wildman–Crippen MR) is 87.5 cm³/mol. The minimum Gasteiger partial charge on any atom is -0.393 e. The Kier molecular flexibility index (Phi) is 6.21. The van der Waals surface area contributed by atoms with Gasteiger partial charge in [-0.15, -0.1) is 0 Å². The maximum Gasteiger partial charge on any atom is 0.315 e. The summed E-state index contributed by atoms with van der Waals surface area (Å²) in [7, 11) is 4.09. The van der Waals surface area contributed by atoms with Crippen LogP contribution in [0.3, 0.4) is 0 Å². The average molecular weight is 305 g/mol. The lowest BCUT2D eigenvalue weighted by Gasteiger charge is -2.26. The summed E-state index contributed by atoms with van der Waals surface area (Å²) in [6.07, 6.45) is 3.07. The highest BCUT2D eigenvalue weighted by atomic mass is 16.3. The van der Waals surface area contributed by atoms with Crippen LogP contribution in [-0.4, -0.2) is 42.3 Å². The summed E-state index contributed by atoms with van der Waals surface area (Å²) in [6, 6.07) is 8.35. The van der Waals surface area contributed by atoms with Gasteiger partial charge >= 0.3 is 6.03 Å². The largest absolute Gasteiger partial charge is 0.393 e. The lowest BCUT2D eigenvalue weighted by Crippen LogP contribution is -2.43. The highest BCUT2D eigenvalue weighted by Gasteiger charge is 2.20. The van der Waals surface area contributed by atoms with Crippen LogP contribution in [0.2, 0.25) is 0 Å². The molecule has 0 atom stereocenters. The Morgan fingerprint density at radius 2 is 1.73 bits per heavy atom. The van der Waals surface area contributed by atoms with Gasteiger partial charge in [-0.2, -0.15) is 0 Å². The summed E-state index contributed by atoms with van der Waals surface area (Å²) >= 11 is 0. The number of urea groups is 1. The lowest BCUT2D eigenvalue weighted by atomic mass is 9.93. The molecule has 0 heterocycles. The second kappa shape index (κ2) is 8.15. The van der Waals surface area contributed by atoms with Gasteiger partial charge in [-0.25, -0.2) is 4.79 Å². The summed E-state index contributed by atoms with van der Waals surface area (Å²) in [5, 5.41) is 15.3. The van der Waals surface area contributed by atoms with Gasteiger partial charge in [0, 0.05) is 19.1 Å². The predicted octanol–water partition coefficient (Wildman–Crippen LogP) is 1.85. The van der Waals surface area contributed by atoms with Crippen molar-refractivity contribution in [2.75, 3.05) is 14.1 Å². The summed E-state index contributed by atoms with van der Waals surface area (Å²) < 4.78 is 0. The Labute approximate surface area is 132 Å². The van der Waals surface area contributed by atoms with Gasteiger partial charge in [-0.3, -0.25) is 0 Å². The van der Waals surface area contributed by atoms with Gasteiger partial charge in [0.2, 0.25) is 0 Å². The smallest absolute Gasteiger partial charge is 0.315 e. The third kappa shape index (κ3) is 5.66. The van der Waals surface area contributed by atoms with E-state index in [1.54, 1.807) is 0 Å². The zero-order chi connectivity index (χ0) is 15.9. The van der Waals surface area contributed by atoms with Crippen molar-refractivity contribution < 1.29 is 9.90 Å². The van der Waals surface area contributed by atoms with E-state index >= 15 is 0 Å². The Bertz CT molecular complexity index is 465. The molecule has 1 aromatic rings. The van der Waals surface area contributed by atoms with Gasteiger partial charge in [-0.05, 0) is 50.9 Å². The molecule has 2 rings (SSSR count). The molecule has 0 unspecified atom stereocenters. The van der Waals surface area contributed by atoms with Crippen molar-refractivity contribution in [3.63, 3.8) is 0 Å². The molecule has 1 aromatic carbocycles. The molecular weight excluding hydrogens is 278 g/mol. The van der Waals surface area contributed by atoms with Crippen molar-refractivity contribution >= 4 is 6.03 Å². The maximum absolute atomic E-state index is 11.9. The number of aliphatic hydroxyl groups excluding tert-OH is 1. The molecule has 1 fully saturated rings. The molecular formula is C17H27N3O2. The van der Waals surface area contributed by atoms with Gasteiger partial charge in [0.15, 0.2) is 0 Å². The molecule has 0 bridgehead atoms. The monoisotopic (exact) mass is 305 g/mol. The molecule has 5 nitrogen and oxygen atoms in total. The molecule has 22 heavy (non-hydrogen) atoms. The first-order chi connectivity index (χ1) is 10.5. The van der Waals surface area contributed by atoms with E-state index in [-0.39, 0.29) is 18.2 Å². The van der Waals surface area contributed by atoms with Crippen LogP contribution in [0.1, 0.15) is 36.8 Å².